The molecule has 0 atom stereocenters. The molecule has 1 heterocycles. The molecular formula is C19H21Cl2N3O. The van der Waals surface area contributed by atoms with E-state index in [0.717, 1.165) is 18.7 Å². The van der Waals surface area contributed by atoms with Crippen LogP contribution in [0.2, 0.25) is 10.0 Å². The number of rotatable bonds is 4. The summed E-state index contributed by atoms with van der Waals surface area (Å²) in [6.45, 7) is 2.68. The number of halogens is 2. The Morgan fingerprint density at radius 1 is 1.16 bits per heavy atom. The smallest absolute Gasteiger partial charge is 0.321 e. The van der Waals surface area contributed by atoms with Gasteiger partial charge in [-0.25, -0.2) is 4.79 Å². The fourth-order valence-corrected chi connectivity index (χ4v) is 3.50. The summed E-state index contributed by atoms with van der Waals surface area (Å²) in [5.41, 5.74) is 2.91. The van der Waals surface area contributed by atoms with Crippen LogP contribution < -0.4 is 10.2 Å². The molecule has 2 amide bonds. The first-order valence-electron chi connectivity index (χ1n) is 8.34. The number of carbonyl (C=O) groups is 1. The Morgan fingerprint density at radius 2 is 1.88 bits per heavy atom. The van der Waals surface area contributed by atoms with E-state index in [1.807, 2.05) is 12.1 Å². The van der Waals surface area contributed by atoms with E-state index in [0.29, 0.717) is 22.3 Å². The van der Waals surface area contributed by atoms with Crippen LogP contribution in [0.15, 0.2) is 42.5 Å². The molecule has 1 aliphatic heterocycles. The van der Waals surface area contributed by atoms with Crippen LogP contribution in [0.25, 0.3) is 0 Å². The zero-order valence-corrected chi connectivity index (χ0v) is 15.6. The molecule has 1 saturated heterocycles. The van der Waals surface area contributed by atoms with Crippen LogP contribution in [0.4, 0.5) is 16.2 Å². The van der Waals surface area contributed by atoms with Crippen molar-refractivity contribution < 1.29 is 4.79 Å². The fourth-order valence-electron chi connectivity index (χ4n) is 3.04. The van der Waals surface area contributed by atoms with E-state index in [9.17, 15) is 4.79 Å². The van der Waals surface area contributed by atoms with Gasteiger partial charge in [0.25, 0.3) is 0 Å². The first-order valence-corrected chi connectivity index (χ1v) is 9.10. The highest BCUT2D eigenvalue weighted by Gasteiger charge is 2.18. The highest BCUT2D eigenvalue weighted by atomic mass is 35.5. The van der Waals surface area contributed by atoms with Gasteiger partial charge >= 0.3 is 6.03 Å². The number of hydrogen-bond donors (Lipinski definition) is 1. The summed E-state index contributed by atoms with van der Waals surface area (Å²) in [4.78, 5) is 16.5. The van der Waals surface area contributed by atoms with Gasteiger partial charge in [0.2, 0.25) is 0 Å². The average Bonchev–Trinajstić information content (AvgIpc) is 3.12. The number of urea groups is 1. The zero-order chi connectivity index (χ0) is 17.8. The number of amides is 2. The van der Waals surface area contributed by atoms with E-state index < -0.39 is 0 Å². The maximum absolute atomic E-state index is 12.5. The quantitative estimate of drug-likeness (QED) is 0.788. The topological polar surface area (TPSA) is 35.6 Å². The molecule has 1 aliphatic rings. The molecule has 3 rings (SSSR count). The van der Waals surface area contributed by atoms with Crippen molar-refractivity contribution in [3.05, 3.63) is 58.1 Å². The second-order valence-corrected chi connectivity index (χ2v) is 7.08. The van der Waals surface area contributed by atoms with Crippen molar-refractivity contribution in [2.75, 3.05) is 30.4 Å². The first kappa shape index (κ1) is 17.9. The summed E-state index contributed by atoms with van der Waals surface area (Å²) in [5.74, 6) is 0. The molecule has 1 fully saturated rings. The Bertz CT molecular complexity index is 760. The van der Waals surface area contributed by atoms with Crippen LogP contribution >= 0.6 is 23.2 Å². The Labute approximate surface area is 158 Å². The van der Waals surface area contributed by atoms with Crippen molar-refractivity contribution in [2.45, 2.75) is 19.4 Å². The van der Waals surface area contributed by atoms with Gasteiger partial charge in [0, 0.05) is 37.4 Å². The summed E-state index contributed by atoms with van der Waals surface area (Å²) in [6, 6.07) is 13.1. The number of para-hydroxylation sites is 1. The Balaban J connectivity index is 1.69. The first-order chi connectivity index (χ1) is 12.0. The molecule has 0 unspecified atom stereocenters. The molecule has 0 spiro atoms. The molecule has 0 bridgehead atoms. The van der Waals surface area contributed by atoms with Crippen LogP contribution in [0.5, 0.6) is 0 Å². The molecule has 132 valence electrons. The summed E-state index contributed by atoms with van der Waals surface area (Å²) >= 11 is 12.0. The summed E-state index contributed by atoms with van der Waals surface area (Å²) in [5, 5.41) is 3.79. The number of nitrogens with zero attached hydrogens (tertiary/aromatic N) is 2. The van der Waals surface area contributed by atoms with Crippen LogP contribution in [-0.4, -0.2) is 31.1 Å². The number of anilines is 2. The third-order valence-corrected chi connectivity index (χ3v) is 4.91. The predicted molar refractivity (Wildman–Crippen MR) is 105 cm³/mol. The van der Waals surface area contributed by atoms with Gasteiger partial charge in [0.15, 0.2) is 0 Å². The third-order valence-electron chi connectivity index (χ3n) is 4.37. The van der Waals surface area contributed by atoms with Gasteiger partial charge in [0.05, 0.1) is 10.7 Å². The molecule has 25 heavy (non-hydrogen) atoms. The van der Waals surface area contributed by atoms with Gasteiger partial charge in [0.1, 0.15) is 0 Å². The fraction of sp³-hybridized carbons (Fsp3) is 0.316. The van der Waals surface area contributed by atoms with Crippen molar-refractivity contribution in [1.82, 2.24) is 4.90 Å². The van der Waals surface area contributed by atoms with Gasteiger partial charge in [-0.2, -0.15) is 0 Å². The third kappa shape index (κ3) is 4.39. The Hall–Kier alpha value is -1.91. The van der Waals surface area contributed by atoms with Gasteiger partial charge in [-0.15, -0.1) is 0 Å². The van der Waals surface area contributed by atoms with Crippen LogP contribution in [0, 0.1) is 0 Å². The number of benzene rings is 2. The molecule has 2 aromatic rings. The second-order valence-electron chi connectivity index (χ2n) is 6.23. The minimum Gasteiger partial charge on any atom is -0.371 e. The van der Waals surface area contributed by atoms with Crippen LogP contribution in [-0.2, 0) is 6.54 Å². The number of nitrogens with one attached hydrogen (secondary N) is 1. The normalized spacial score (nSPS) is 13.8. The maximum Gasteiger partial charge on any atom is 0.321 e. The van der Waals surface area contributed by atoms with E-state index >= 15 is 0 Å². The minimum absolute atomic E-state index is 0.208. The average molecular weight is 378 g/mol. The van der Waals surface area contributed by atoms with E-state index in [-0.39, 0.29) is 6.03 Å². The molecule has 6 heteroatoms. The highest BCUT2D eigenvalue weighted by Crippen LogP contribution is 2.27. The van der Waals surface area contributed by atoms with Crippen molar-refractivity contribution in [1.29, 1.82) is 0 Å². The molecule has 1 N–H and O–H groups in total. The molecular weight excluding hydrogens is 357 g/mol. The standard InChI is InChI=1S/C19H21Cl2N3O/c1-23(19(25)22-17-9-8-15(20)12-16(17)21)13-14-6-2-3-7-18(14)24-10-4-5-11-24/h2-3,6-9,12H,4-5,10-11,13H2,1H3,(H,22,25). The molecule has 0 aromatic heterocycles. The number of carbonyl (C=O) groups excluding carboxylic acids is 1. The van der Waals surface area contributed by atoms with Crippen LogP contribution in [0.1, 0.15) is 18.4 Å². The van der Waals surface area contributed by atoms with Gasteiger partial charge in [-0.05, 0) is 42.7 Å². The molecule has 0 saturated carbocycles. The van der Waals surface area contributed by atoms with Crippen LogP contribution in [0.3, 0.4) is 0 Å². The lowest BCUT2D eigenvalue weighted by Gasteiger charge is -2.24. The summed E-state index contributed by atoms with van der Waals surface area (Å²) in [6.07, 6.45) is 2.44. The predicted octanol–water partition coefficient (Wildman–Crippen LogP) is 5.26. The SMILES string of the molecule is CN(Cc1ccccc1N1CCCC1)C(=O)Nc1ccc(Cl)cc1Cl. The van der Waals surface area contributed by atoms with E-state index in [1.54, 1.807) is 30.1 Å². The van der Waals surface area contributed by atoms with E-state index in [2.05, 4.69) is 22.3 Å². The Morgan fingerprint density at radius 3 is 2.60 bits per heavy atom. The zero-order valence-electron chi connectivity index (χ0n) is 14.1. The molecule has 2 aromatic carbocycles. The van der Waals surface area contributed by atoms with Gasteiger partial charge in [-0.1, -0.05) is 41.4 Å². The molecule has 0 radical (unpaired) electrons. The Kier molecular flexibility index (Phi) is 5.71. The minimum atomic E-state index is -0.208. The molecule has 0 aliphatic carbocycles. The van der Waals surface area contributed by atoms with Crippen molar-refractivity contribution in [3.63, 3.8) is 0 Å². The lowest BCUT2D eigenvalue weighted by atomic mass is 10.1. The van der Waals surface area contributed by atoms with Crippen molar-refractivity contribution >= 4 is 40.6 Å². The number of hydrogen-bond acceptors (Lipinski definition) is 2. The molecule has 4 nitrogen and oxygen atoms in total. The van der Waals surface area contributed by atoms with Gasteiger partial charge < -0.3 is 15.1 Å². The highest BCUT2D eigenvalue weighted by molar-refractivity contribution is 6.36. The lowest BCUT2D eigenvalue weighted by Crippen LogP contribution is -2.31. The lowest BCUT2D eigenvalue weighted by molar-refractivity contribution is 0.220. The van der Waals surface area contributed by atoms with Crippen molar-refractivity contribution in [2.24, 2.45) is 0 Å². The second kappa shape index (κ2) is 7.98. The van der Waals surface area contributed by atoms with Crippen molar-refractivity contribution in [3.8, 4) is 0 Å². The van der Waals surface area contributed by atoms with E-state index in [1.165, 1.54) is 18.5 Å². The summed E-state index contributed by atoms with van der Waals surface area (Å²) in [7, 11) is 1.78. The van der Waals surface area contributed by atoms with E-state index in [4.69, 9.17) is 23.2 Å². The van der Waals surface area contributed by atoms with Gasteiger partial charge in [-0.3, -0.25) is 0 Å². The maximum atomic E-state index is 12.5. The summed E-state index contributed by atoms with van der Waals surface area (Å²) < 4.78 is 0. The monoisotopic (exact) mass is 377 g/mol. The largest absolute Gasteiger partial charge is 0.371 e.